The largest absolute Gasteiger partial charge is 0.383 e. The van der Waals surface area contributed by atoms with Gasteiger partial charge in [0.2, 0.25) is 0 Å². The van der Waals surface area contributed by atoms with Crippen LogP contribution in [0, 0.1) is 0 Å². The number of hydrogen-bond donors (Lipinski definition) is 1. The molecule has 2 heterocycles. The van der Waals surface area contributed by atoms with Gasteiger partial charge in [-0.25, -0.2) is 9.97 Å². The number of rotatable bonds is 2. The molecule has 0 bridgehead atoms. The zero-order valence-electron chi connectivity index (χ0n) is 7.09. The van der Waals surface area contributed by atoms with Gasteiger partial charge in [-0.2, -0.15) is 0 Å². The van der Waals surface area contributed by atoms with Crippen LogP contribution in [0.4, 0.5) is 0 Å². The van der Waals surface area contributed by atoms with Crippen molar-refractivity contribution in [3.8, 4) is 0 Å². The van der Waals surface area contributed by atoms with Crippen molar-refractivity contribution in [3.63, 3.8) is 0 Å². The van der Waals surface area contributed by atoms with Crippen LogP contribution in [0.5, 0.6) is 0 Å². The molecule has 0 amide bonds. The quantitative estimate of drug-likeness (QED) is 0.855. The van der Waals surface area contributed by atoms with Crippen LogP contribution in [0.25, 0.3) is 0 Å². The van der Waals surface area contributed by atoms with E-state index >= 15 is 0 Å². The summed E-state index contributed by atoms with van der Waals surface area (Å²) in [7, 11) is 0. The highest BCUT2D eigenvalue weighted by Crippen LogP contribution is 2.28. The van der Waals surface area contributed by atoms with E-state index in [9.17, 15) is 5.11 Å². The predicted octanol–water partition coefficient (Wildman–Crippen LogP) is 2.27. The summed E-state index contributed by atoms with van der Waals surface area (Å²) in [5.41, 5.74) is 0.672. The monoisotopic (exact) mass is 226 g/mol. The van der Waals surface area contributed by atoms with Crippen LogP contribution in [0.15, 0.2) is 30.2 Å². The molecule has 0 aromatic carbocycles. The van der Waals surface area contributed by atoms with E-state index in [1.54, 1.807) is 23.8 Å². The van der Waals surface area contributed by atoms with Gasteiger partial charge in [0.15, 0.2) is 0 Å². The summed E-state index contributed by atoms with van der Waals surface area (Å²) in [5.74, 6) is 0. The van der Waals surface area contributed by atoms with Crippen LogP contribution in [0.3, 0.4) is 0 Å². The maximum atomic E-state index is 9.88. The summed E-state index contributed by atoms with van der Waals surface area (Å²) >= 11 is 7.17. The Balaban J connectivity index is 2.29. The molecule has 0 saturated heterocycles. The minimum absolute atomic E-state index is 0.640. The number of thiophene rings is 1. The van der Waals surface area contributed by atoms with Crippen molar-refractivity contribution in [1.29, 1.82) is 0 Å². The van der Waals surface area contributed by atoms with Crippen LogP contribution in [0.1, 0.15) is 16.5 Å². The van der Waals surface area contributed by atoms with Crippen LogP contribution in [-0.4, -0.2) is 15.1 Å². The average molecular weight is 227 g/mol. The lowest BCUT2D eigenvalue weighted by Gasteiger charge is -2.06. The first-order valence-electron chi connectivity index (χ1n) is 3.94. The SMILES string of the molecule is OC(c1cncnc1)c1cc(Cl)cs1. The van der Waals surface area contributed by atoms with Gasteiger partial charge in [0, 0.05) is 28.2 Å². The Labute approximate surface area is 90.0 Å². The Morgan fingerprint density at radius 3 is 2.64 bits per heavy atom. The van der Waals surface area contributed by atoms with Crippen molar-refractivity contribution in [2.45, 2.75) is 6.10 Å². The summed E-state index contributed by atoms with van der Waals surface area (Å²) < 4.78 is 0. The fourth-order valence-electron chi connectivity index (χ4n) is 1.09. The molecule has 0 fully saturated rings. The summed E-state index contributed by atoms with van der Waals surface area (Å²) in [4.78, 5) is 8.47. The van der Waals surface area contributed by atoms with Crippen molar-refractivity contribution in [2.24, 2.45) is 0 Å². The molecule has 0 spiro atoms. The van der Waals surface area contributed by atoms with E-state index in [0.717, 1.165) is 4.88 Å². The molecule has 0 aliphatic carbocycles. The zero-order valence-corrected chi connectivity index (χ0v) is 8.66. The molecule has 2 aromatic rings. The highest BCUT2D eigenvalue weighted by molar-refractivity contribution is 7.10. The van der Waals surface area contributed by atoms with E-state index in [-0.39, 0.29) is 0 Å². The highest BCUT2D eigenvalue weighted by atomic mass is 35.5. The fourth-order valence-corrected chi connectivity index (χ4v) is 2.18. The maximum Gasteiger partial charge on any atom is 0.116 e. The third kappa shape index (κ3) is 1.92. The normalized spacial score (nSPS) is 12.7. The molecule has 1 unspecified atom stereocenters. The lowest BCUT2D eigenvalue weighted by atomic mass is 10.2. The minimum atomic E-state index is -0.686. The number of aliphatic hydroxyl groups is 1. The molecular formula is C9H7ClN2OS. The lowest BCUT2D eigenvalue weighted by molar-refractivity contribution is 0.223. The molecular weight excluding hydrogens is 220 g/mol. The first kappa shape index (κ1) is 9.58. The fraction of sp³-hybridized carbons (Fsp3) is 0.111. The molecule has 1 N–H and O–H groups in total. The second kappa shape index (κ2) is 4.04. The second-order valence-corrected chi connectivity index (χ2v) is 4.12. The van der Waals surface area contributed by atoms with Gasteiger partial charge in [-0.05, 0) is 6.07 Å². The van der Waals surface area contributed by atoms with Gasteiger partial charge in [-0.3, -0.25) is 0 Å². The summed E-state index contributed by atoms with van der Waals surface area (Å²) in [6.45, 7) is 0. The van der Waals surface area contributed by atoms with E-state index in [0.29, 0.717) is 10.6 Å². The molecule has 0 aliphatic rings. The summed E-state index contributed by atoms with van der Waals surface area (Å²) in [6, 6.07) is 1.74. The number of aromatic nitrogens is 2. The van der Waals surface area contributed by atoms with E-state index in [1.165, 1.54) is 17.7 Å². The topological polar surface area (TPSA) is 46.0 Å². The summed E-state index contributed by atoms with van der Waals surface area (Å²) in [6.07, 6.45) is 3.92. The van der Waals surface area contributed by atoms with Gasteiger partial charge in [-0.15, -0.1) is 11.3 Å². The van der Waals surface area contributed by atoms with Gasteiger partial charge < -0.3 is 5.11 Å². The smallest absolute Gasteiger partial charge is 0.116 e. The average Bonchev–Trinajstić information content (AvgIpc) is 2.65. The van der Waals surface area contributed by atoms with E-state index in [4.69, 9.17) is 11.6 Å². The Morgan fingerprint density at radius 2 is 2.07 bits per heavy atom. The lowest BCUT2D eigenvalue weighted by Crippen LogP contribution is -1.97. The van der Waals surface area contributed by atoms with Gasteiger partial charge in [0.05, 0.1) is 5.02 Å². The highest BCUT2D eigenvalue weighted by Gasteiger charge is 2.12. The van der Waals surface area contributed by atoms with Gasteiger partial charge >= 0.3 is 0 Å². The van der Waals surface area contributed by atoms with Crippen molar-refractivity contribution < 1.29 is 5.11 Å². The van der Waals surface area contributed by atoms with Gasteiger partial charge in [0.1, 0.15) is 12.4 Å². The first-order chi connectivity index (χ1) is 6.77. The molecule has 0 aliphatic heterocycles. The third-order valence-corrected chi connectivity index (χ3v) is 3.09. The Kier molecular flexibility index (Phi) is 2.77. The first-order valence-corrected chi connectivity index (χ1v) is 5.20. The van der Waals surface area contributed by atoms with Crippen LogP contribution < -0.4 is 0 Å². The number of nitrogens with zero attached hydrogens (tertiary/aromatic N) is 2. The molecule has 72 valence electrons. The number of hydrogen-bond acceptors (Lipinski definition) is 4. The van der Waals surface area contributed by atoms with Crippen LogP contribution >= 0.6 is 22.9 Å². The van der Waals surface area contributed by atoms with Crippen molar-refractivity contribution in [3.05, 3.63) is 45.6 Å². The van der Waals surface area contributed by atoms with Crippen molar-refractivity contribution >= 4 is 22.9 Å². The standard InChI is InChI=1S/C9H7ClN2OS/c10-7-1-8(14-4-7)9(13)6-2-11-5-12-3-6/h1-5,9,13H. The molecule has 0 saturated carbocycles. The summed E-state index contributed by atoms with van der Waals surface area (Å²) in [5, 5.41) is 12.3. The maximum absolute atomic E-state index is 9.88. The Hall–Kier alpha value is -0.970. The van der Waals surface area contributed by atoms with E-state index in [2.05, 4.69) is 9.97 Å². The zero-order chi connectivity index (χ0) is 9.97. The van der Waals surface area contributed by atoms with E-state index in [1.807, 2.05) is 0 Å². The second-order valence-electron chi connectivity index (χ2n) is 2.74. The minimum Gasteiger partial charge on any atom is -0.383 e. The Morgan fingerprint density at radius 1 is 1.36 bits per heavy atom. The molecule has 1 atom stereocenters. The molecule has 0 radical (unpaired) electrons. The number of aliphatic hydroxyl groups excluding tert-OH is 1. The van der Waals surface area contributed by atoms with Crippen LogP contribution in [0.2, 0.25) is 5.02 Å². The van der Waals surface area contributed by atoms with Gasteiger partial charge in [-0.1, -0.05) is 11.6 Å². The van der Waals surface area contributed by atoms with Crippen LogP contribution in [-0.2, 0) is 0 Å². The predicted molar refractivity (Wildman–Crippen MR) is 55.4 cm³/mol. The van der Waals surface area contributed by atoms with E-state index < -0.39 is 6.10 Å². The molecule has 3 nitrogen and oxygen atoms in total. The third-order valence-electron chi connectivity index (χ3n) is 1.75. The Bertz CT molecular complexity index is 418. The molecule has 2 aromatic heterocycles. The van der Waals surface area contributed by atoms with Crippen molar-refractivity contribution in [1.82, 2.24) is 9.97 Å². The molecule has 14 heavy (non-hydrogen) atoms. The molecule has 5 heteroatoms. The van der Waals surface area contributed by atoms with Gasteiger partial charge in [0.25, 0.3) is 0 Å². The number of halogens is 1. The van der Waals surface area contributed by atoms with Crippen molar-refractivity contribution in [2.75, 3.05) is 0 Å². The molecule has 2 rings (SSSR count).